The van der Waals surface area contributed by atoms with Crippen LogP contribution in [-0.4, -0.2) is 28.8 Å². The number of carbonyl (C=O) groups excluding carboxylic acids is 2. The van der Waals surface area contributed by atoms with Crippen LogP contribution in [0.4, 0.5) is 0 Å². The molecule has 0 bridgehead atoms. The van der Waals surface area contributed by atoms with Gasteiger partial charge in [0.2, 0.25) is 11.8 Å². The standard InChI is InChI=1S/C23H29BrN2O2/c1-4-17(2)25-23(28)18(3)26(16-20-11-8-12-21(24)15-20)22(27)14-13-19-9-6-5-7-10-19/h5-12,15,17-18H,4,13-14,16H2,1-3H3,(H,25,28)/t17-,18-/m0/s1. The fraction of sp³-hybridized carbons (Fsp3) is 0.391. The molecule has 28 heavy (non-hydrogen) atoms. The van der Waals surface area contributed by atoms with Gasteiger partial charge < -0.3 is 10.2 Å². The zero-order chi connectivity index (χ0) is 20.5. The maximum Gasteiger partial charge on any atom is 0.242 e. The monoisotopic (exact) mass is 444 g/mol. The lowest BCUT2D eigenvalue weighted by Gasteiger charge is -2.30. The minimum Gasteiger partial charge on any atom is -0.352 e. The lowest BCUT2D eigenvalue weighted by molar-refractivity contribution is -0.140. The molecule has 0 heterocycles. The molecule has 0 aliphatic heterocycles. The first-order chi connectivity index (χ1) is 13.4. The number of aryl methyl sites for hydroxylation is 1. The van der Waals surface area contributed by atoms with E-state index in [9.17, 15) is 9.59 Å². The van der Waals surface area contributed by atoms with Gasteiger partial charge >= 0.3 is 0 Å². The Labute approximate surface area is 176 Å². The Balaban J connectivity index is 2.14. The first kappa shape index (κ1) is 22.2. The Morgan fingerprint density at radius 3 is 2.36 bits per heavy atom. The maximum absolute atomic E-state index is 13.0. The largest absolute Gasteiger partial charge is 0.352 e. The zero-order valence-electron chi connectivity index (χ0n) is 16.8. The second kappa shape index (κ2) is 11.0. The molecule has 0 spiro atoms. The van der Waals surface area contributed by atoms with Gasteiger partial charge in [0, 0.05) is 23.5 Å². The molecule has 150 valence electrons. The summed E-state index contributed by atoms with van der Waals surface area (Å²) in [6.45, 7) is 6.21. The summed E-state index contributed by atoms with van der Waals surface area (Å²) in [6.07, 6.45) is 1.89. The third-order valence-electron chi connectivity index (χ3n) is 4.88. The number of carbonyl (C=O) groups is 2. The molecule has 2 atom stereocenters. The molecule has 0 unspecified atom stereocenters. The van der Waals surface area contributed by atoms with E-state index in [2.05, 4.69) is 21.2 Å². The average molecular weight is 445 g/mol. The summed E-state index contributed by atoms with van der Waals surface area (Å²) in [6, 6.07) is 17.3. The Morgan fingerprint density at radius 2 is 1.71 bits per heavy atom. The van der Waals surface area contributed by atoms with Gasteiger partial charge in [0.15, 0.2) is 0 Å². The van der Waals surface area contributed by atoms with Crippen LogP contribution in [0.2, 0.25) is 0 Å². The van der Waals surface area contributed by atoms with Crippen molar-refractivity contribution in [1.82, 2.24) is 10.2 Å². The summed E-state index contributed by atoms with van der Waals surface area (Å²) in [7, 11) is 0. The average Bonchev–Trinajstić information content (AvgIpc) is 2.70. The molecule has 4 nitrogen and oxygen atoms in total. The number of rotatable bonds is 9. The topological polar surface area (TPSA) is 49.4 Å². The molecule has 2 aromatic carbocycles. The number of halogens is 1. The number of benzene rings is 2. The summed E-state index contributed by atoms with van der Waals surface area (Å²) >= 11 is 3.48. The number of nitrogens with zero attached hydrogens (tertiary/aromatic N) is 1. The molecule has 2 rings (SSSR count). The Morgan fingerprint density at radius 1 is 1.04 bits per heavy atom. The van der Waals surface area contributed by atoms with Crippen molar-refractivity contribution in [1.29, 1.82) is 0 Å². The predicted molar refractivity (Wildman–Crippen MR) is 117 cm³/mol. The van der Waals surface area contributed by atoms with E-state index in [1.807, 2.05) is 68.4 Å². The lowest BCUT2D eigenvalue weighted by Crippen LogP contribution is -2.49. The van der Waals surface area contributed by atoms with Gasteiger partial charge in [-0.05, 0) is 49.9 Å². The normalized spacial score (nSPS) is 12.9. The van der Waals surface area contributed by atoms with E-state index in [4.69, 9.17) is 0 Å². The lowest BCUT2D eigenvalue weighted by atomic mass is 10.1. The van der Waals surface area contributed by atoms with Crippen LogP contribution in [0.5, 0.6) is 0 Å². The minimum absolute atomic E-state index is 0.0179. The third kappa shape index (κ3) is 6.79. The molecular weight excluding hydrogens is 416 g/mol. The van der Waals surface area contributed by atoms with Crippen LogP contribution in [0.3, 0.4) is 0 Å². The molecule has 0 saturated carbocycles. The molecule has 0 aliphatic carbocycles. The van der Waals surface area contributed by atoms with Crippen LogP contribution < -0.4 is 5.32 Å². The highest BCUT2D eigenvalue weighted by Crippen LogP contribution is 2.17. The SMILES string of the molecule is CC[C@H](C)NC(=O)[C@H](C)N(Cc1cccc(Br)c1)C(=O)CCc1ccccc1. The van der Waals surface area contributed by atoms with Crippen molar-refractivity contribution < 1.29 is 9.59 Å². The summed E-state index contributed by atoms with van der Waals surface area (Å²) in [5.41, 5.74) is 2.11. The number of amides is 2. The van der Waals surface area contributed by atoms with Crippen LogP contribution in [0.15, 0.2) is 59.1 Å². The maximum atomic E-state index is 13.0. The second-order valence-electron chi connectivity index (χ2n) is 7.13. The van der Waals surface area contributed by atoms with E-state index in [1.54, 1.807) is 11.8 Å². The molecule has 0 aromatic heterocycles. The van der Waals surface area contributed by atoms with E-state index in [0.717, 1.165) is 22.0 Å². The highest BCUT2D eigenvalue weighted by atomic mass is 79.9. The summed E-state index contributed by atoms with van der Waals surface area (Å²) in [5, 5.41) is 2.99. The van der Waals surface area contributed by atoms with Crippen molar-refractivity contribution in [2.24, 2.45) is 0 Å². The highest BCUT2D eigenvalue weighted by molar-refractivity contribution is 9.10. The first-order valence-electron chi connectivity index (χ1n) is 9.79. The number of hydrogen-bond donors (Lipinski definition) is 1. The van der Waals surface area contributed by atoms with Gasteiger partial charge in [0.25, 0.3) is 0 Å². The molecule has 0 fully saturated rings. The van der Waals surface area contributed by atoms with Gasteiger partial charge in [0.1, 0.15) is 6.04 Å². The zero-order valence-corrected chi connectivity index (χ0v) is 18.4. The van der Waals surface area contributed by atoms with Crippen molar-refractivity contribution in [2.75, 3.05) is 0 Å². The molecule has 0 radical (unpaired) electrons. The van der Waals surface area contributed by atoms with Crippen LogP contribution in [0.25, 0.3) is 0 Å². The molecule has 0 aliphatic rings. The van der Waals surface area contributed by atoms with Crippen LogP contribution >= 0.6 is 15.9 Å². The number of hydrogen-bond acceptors (Lipinski definition) is 2. The highest BCUT2D eigenvalue weighted by Gasteiger charge is 2.26. The smallest absolute Gasteiger partial charge is 0.242 e. The summed E-state index contributed by atoms with van der Waals surface area (Å²) in [5.74, 6) is -0.131. The van der Waals surface area contributed by atoms with Crippen molar-refractivity contribution in [3.63, 3.8) is 0 Å². The Kier molecular flexibility index (Phi) is 8.71. The minimum atomic E-state index is -0.531. The van der Waals surface area contributed by atoms with Crippen LogP contribution in [0.1, 0.15) is 44.7 Å². The van der Waals surface area contributed by atoms with Gasteiger partial charge in [0.05, 0.1) is 0 Å². The van der Waals surface area contributed by atoms with E-state index < -0.39 is 6.04 Å². The molecule has 1 N–H and O–H groups in total. The molecular formula is C23H29BrN2O2. The third-order valence-corrected chi connectivity index (χ3v) is 5.37. The number of nitrogens with one attached hydrogen (secondary N) is 1. The van der Waals surface area contributed by atoms with Crippen molar-refractivity contribution in [2.45, 2.75) is 58.7 Å². The van der Waals surface area contributed by atoms with Gasteiger partial charge in [-0.2, -0.15) is 0 Å². The Bertz CT molecular complexity index is 779. The van der Waals surface area contributed by atoms with Crippen molar-refractivity contribution >= 4 is 27.7 Å². The second-order valence-corrected chi connectivity index (χ2v) is 8.05. The van der Waals surface area contributed by atoms with Crippen LogP contribution in [-0.2, 0) is 22.6 Å². The quantitative estimate of drug-likeness (QED) is 0.608. The first-order valence-corrected chi connectivity index (χ1v) is 10.6. The van der Waals surface area contributed by atoms with Gasteiger partial charge in [-0.3, -0.25) is 9.59 Å². The van der Waals surface area contributed by atoms with Crippen LogP contribution in [0, 0.1) is 0 Å². The van der Waals surface area contributed by atoms with E-state index >= 15 is 0 Å². The fourth-order valence-corrected chi connectivity index (χ4v) is 3.37. The van der Waals surface area contributed by atoms with Gasteiger partial charge in [-0.1, -0.05) is 65.3 Å². The summed E-state index contributed by atoms with van der Waals surface area (Å²) in [4.78, 5) is 27.4. The predicted octanol–water partition coefficient (Wildman–Crippen LogP) is 4.71. The fourth-order valence-electron chi connectivity index (χ4n) is 2.92. The Hall–Kier alpha value is -2.14. The van der Waals surface area contributed by atoms with E-state index in [0.29, 0.717) is 19.4 Å². The van der Waals surface area contributed by atoms with Crippen molar-refractivity contribution in [3.8, 4) is 0 Å². The van der Waals surface area contributed by atoms with Gasteiger partial charge in [-0.15, -0.1) is 0 Å². The van der Waals surface area contributed by atoms with Crippen molar-refractivity contribution in [3.05, 3.63) is 70.2 Å². The van der Waals surface area contributed by atoms with E-state index in [-0.39, 0.29) is 17.9 Å². The molecule has 2 amide bonds. The van der Waals surface area contributed by atoms with Gasteiger partial charge in [-0.25, -0.2) is 0 Å². The van der Waals surface area contributed by atoms with E-state index in [1.165, 1.54) is 0 Å². The summed E-state index contributed by atoms with van der Waals surface area (Å²) < 4.78 is 0.957. The molecule has 2 aromatic rings. The molecule has 5 heteroatoms. The molecule has 0 saturated heterocycles.